The molecule has 0 nitrogen and oxygen atoms in total. The summed E-state index contributed by atoms with van der Waals surface area (Å²) in [6.45, 7) is 29.5. The van der Waals surface area contributed by atoms with Gasteiger partial charge in [-0.05, 0) is 0 Å². The predicted molar refractivity (Wildman–Crippen MR) is 138 cm³/mol. The zero-order valence-corrected chi connectivity index (χ0v) is 28.8. The number of halogens is 3. The second-order valence-corrected chi connectivity index (χ2v) is 22.4. The van der Waals surface area contributed by atoms with Gasteiger partial charge in [-0.3, -0.25) is 0 Å². The van der Waals surface area contributed by atoms with E-state index in [2.05, 4.69) is 121 Å². The first kappa shape index (κ1) is 35.9. The molecule has 0 bridgehead atoms. The molecule has 1 atom stereocenters. The average Bonchev–Trinajstić information content (AvgIpc) is 2.75. The molecule has 2 rings (SSSR count). The molecule has 1 aliphatic rings. The van der Waals surface area contributed by atoms with Gasteiger partial charge in [-0.15, -0.1) is 0 Å². The second-order valence-electron chi connectivity index (χ2n) is 12.0. The summed E-state index contributed by atoms with van der Waals surface area (Å²) in [5.41, 5.74) is 6.23. The molecule has 0 radical (unpaired) electrons. The smallest absolute Gasteiger partial charge is 1.00 e. The van der Waals surface area contributed by atoms with E-state index in [1.807, 2.05) is 0 Å². The number of allylic oxidation sites excluding steroid dienone is 4. The van der Waals surface area contributed by atoms with Crippen LogP contribution in [0.4, 0.5) is 0 Å². The molecular formula is C27H45Cl3Si2Ti. The molecule has 0 saturated heterocycles. The fraction of sp³-hybridized carbons (Fsp3) is 0.630. The first-order valence-electron chi connectivity index (χ1n) is 11.8. The van der Waals surface area contributed by atoms with Gasteiger partial charge in [0.25, 0.3) is 0 Å². The van der Waals surface area contributed by atoms with E-state index in [9.17, 15) is 0 Å². The summed E-state index contributed by atoms with van der Waals surface area (Å²) in [4.78, 5) is 0. The Morgan fingerprint density at radius 1 is 0.758 bits per heavy atom. The van der Waals surface area contributed by atoms with E-state index >= 15 is 0 Å². The summed E-state index contributed by atoms with van der Waals surface area (Å²) < 4.78 is 1.65. The number of benzene rings is 1. The molecule has 1 aromatic carbocycles. The molecular weight excluding hydrogens is 535 g/mol. The molecule has 186 valence electrons. The van der Waals surface area contributed by atoms with Crippen LogP contribution in [0.15, 0.2) is 38.8 Å². The summed E-state index contributed by atoms with van der Waals surface area (Å²) >= 11 is 2.45. The van der Waals surface area contributed by atoms with Gasteiger partial charge in [0.1, 0.15) is 0 Å². The van der Waals surface area contributed by atoms with Crippen LogP contribution >= 0.6 is 0 Å². The number of aryl methyl sites for hydroxylation is 1. The summed E-state index contributed by atoms with van der Waals surface area (Å²) in [7, 11) is -3.32. The SMILES string of the molecule is CC1=C(C)C(C)([Si](CC(C)C)(CC(C)C)c2cc(C)cc([Si](C)(C)C)c2)[C]([Ti+3])=C1C.[Cl-].[Cl-].[Cl-]. The van der Waals surface area contributed by atoms with Crippen molar-refractivity contribution in [3.05, 3.63) is 44.4 Å². The van der Waals surface area contributed by atoms with Gasteiger partial charge < -0.3 is 37.2 Å². The Kier molecular flexibility index (Phi) is 13.9. The van der Waals surface area contributed by atoms with Crippen molar-refractivity contribution in [3.63, 3.8) is 0 Å². The Morgan fingerprint density at radius 2 is 1.18 bits per heavy atom. The van der Waals surface area contributed by atoms with Gasteiger partial charge in [0, 0.05) is 0 Å². The third-order valence-corrected chi connectivity index (χ3v) is 18.5. The van der Waals surface area contributed by atoms with Crippen molar-refractivity contribution in [2.24, 2.45) is 11.8 Å². The van der Waals surface area contributed by atoms with Crippen molar-refractivity contribution in [2.45, 2.75) is 99.1 Å². The Bertz CT molecular complexity index is 846. The van der Waals surface area contributed by atoms with Crippen LogP contribution in [0.2, 0.25) is 36.8 Å². The van der Waals surface area contributed by atoms with E-state index in [4.69, 9.17) is 0 Å². The molecule has 0 fully saturated rings. The van der Waals surface area contributed by atoms with Crippen molar-refractivity contribution in [2.75, 3.05) is 0 Å². The van der Waals surface area contributed by atoms with Crippen molar-refractivity contribution >= 4 is 26.5 Å². The Balaban J connectivity index is 0. The molecule has 0 N–H and O–H groups in total. The summed E-state index contributed by atoms with van der Waals surface area (Å²) in [5, 5.41) is 3.58. The maximum absolute atomic E-state index is 2.69. The van der Waals surface area contributed by atoms with Crippen LogP contribution in [0.3, 0.4) is 0 Å². The molecule has 33 heavy (non-hydrogen) atoms. The van der Waals surface area contributed by atoms with Gasteiger partial charge in [-0.1, -0.05) is 0 Å². The zero-order chi connectivity index (χ0) is 23.2. The molecule has 1 unspecified atom stereocenters. The minimum absolute atomic E-state index is 0. The second kappa shape index (κ2) is 12.8. The van der Waals surface area contributed by atoms with Crippen LogP contribution in [0.1, 0.15) is 61.0 Å². The van der Waals surface area contributed by atoms with Crippen LogP contribution in [0.25, 0.3) is 0 Å². The fourth-order valence-electron chi connectivity index (χ4n) is 5.91. The summed E-state index contributed by atoms with van der Waals surface area (Å²) in [6, 6.07) is 10.5. The van der Waals surface area contributed by atoms with E-state index < -0.39 is 16.1 Å². The first-order chi connectivity index (χ1) is 13.6. The van der Waals surface area contributed by atoms with Crippen molar-refractivity contribution in [3.8, 4) is 0 Å². The van der Waals surface area contributed by atoms with E-state index in [-0.39, 0.29) is 42.3 Å². The zero-order valence-electron chi connectivity index (χ0n) is 22.9. The van der Waals surface area contributed by atoms with Crippen molar-refractivity contribution in [1.82, 2.24) is 0 Å². The molecule has 0 amide bonds. The van der Waals surface area contributed by atoms with Crippen molar-refractivity contribution in [1.29, 1.82) is 0 Å². The molecule has 6 heteroatoms. The Morgan fingerprint density at radius 3 is 1.52 bits per heavy atom. The topological polar surface area (TPSA) is 0 Å². The van der Waals surface area contributed by atoms with E-state index in [1.165, 1.54) is 17.7 Å². The van der Waals surface area contributed by atoms with Gasteiger partial charge >= 0.3 is 202 Å². The molecule has 0 saturated carbocycles. The minimum Gasteiger partial charge on any atom is -1.00 e. The van der Waals surface area contributed by atoms with Crippen LogP contribution in [-0.4, -0.2) is 16.1 Å². The number of rotatable bonds is 7. The third kappa shape index (κ3) is 6.73. The fourth-order valence-corrected chi connectivity index (χ4v) is 16.3. The number of hydrogen-bond acceptors (Lipinski definition) is 0. The largest absolute Gasteiger partial charge is 1.00 e. The van der Waals surface area contributed by atoms with Crippen LogP contribution in [0, 0.1) is 18.8 Å². The van der Waals surface area contributed by atoms with Crippen LogP contribution in [0.5, 0.6) is 0 Å². The molecule has 0 heterocycles. The monoisotopic (exact) mass is 578 g/mol. The standard InChI is InChI=1S/C27H45Si2.3ClH.Ti/c1-19(2)17-29(18-20(3)4,27(9)16-22(6)23(7)24(27)8)26-14-21(5)13-25(15-26)28(10,11)12;;;;/h13-15,19-20H,17-18H2,1-12H3;3*1H;/q;;;;+3/p-3. The van der Waals surface area contributed by atoms with Gasteiger partial charge in [-0.2, -0.15) is 0 Å². The molecule has 0 aromatic heterocycles. The Labute approximate surface area is 237 Å². The predicted octanol–water partition coefficient (Wildman–Crippen LogP) is -1.55. The molecule has 0 aliphatic heterocycles. The number of hydrogen-bond donors (Lipinski definition) is 0. The van der Waals surface area contributed by atoms with E-state index in [1.54, 1.807) is 31.0 Å². The van der Waals surface area contributed by atoms with Gasteiger partial charge in [0.2, 0.25) is 0 Å². The van der Waals surface area contributed by atoms with E-state index in [0.29, 0.717) is 11.8 Å². The quantitative estimate of drug-likeness (QED) is 0.344. The Hall–Kier alpha value is 0.718. The van der Waals surface area contributed by atoms with E-state index in [0.717, 1.165) is 0 Å². The first-order valence-corrected chi connectivity index (χ1v) is 18.5. The summed E-state index contributed by atoms with van der Waals surface area (Å²) in [6.07, 6.45) is 0. The van der Waals surface area contributed by atoms with Crippen LogP contribution < -0.4 is 47.6 Å². The molecule has 0 spiro atoms. The van der Waals surface area contributed by atoms with Gasteiger partial charge in [-0.25, -0.2) is 0 Å². The minimum atomic E-state index is -1.93. The maximum Gasteiger partial charge on any atom is -1.00 e. The van der Waals surface area contributed by atoms with Gasteiger partial charge in [0.15, 0.2) is 0 Å². The average molecular weight is 580 g/mol. The normalized spacial score (nSPS) is 19.0. The molecule has 1 aliphatic carbocycles. The summed E-state index contributed by atoms with van der Waals surface area (Å²) in [5.74, 6) is 1.43. The van der Waals surface area contributed by atoms with Gasteiger partial charge in [0.05, 0.1) is 0 Å². The molecule has 1 aromatic rings. The van der Waals surface area contributed by atoms with Crippen molar-refractivity contribution < 1.29 is 57.7 Å². The maximum atomic E-state index is 2.69. The van der Waals surface area contributed by atoms with Crippen LogP contribution in [-0.2, 0) is 20.4 Å². The third-order valence-electron chi connectivity index (χ3n) is 7.72.